The van der Waals surface area contributed by atoms with Crippen LogP contribution in [0.2, 0.25) is 0 Å². The zero-order chi connectivity index (χ0) is 11.8. The third-order valence-corrected chi connectivity index (χ3v) is 4.07. The number of nitrogens with one attached hydrogen (secondary N) is 1. The van der Waals surface area contributed by atoms with E-state index < -0.39 is 21.8 Å². The zero-order valence-electron chi connectivity index (χ0n) is 8.08. The van der Waals surface area contributed by atoms with Gasteiger partial charge in [0.05, 0.1) is 11.8 Å². The number of sulfone groups is 1. The van der Waals surface area contributed by atoms with E-state index in [1.54, 1.807) is 0 Å². The Labute approximate surface area is 96.1 Å². The zero-order valence-corrected chi connectivity index (χ0v) is 9.72. The predicted octanol–water partition coefficient (Wildman–Crippen LogP) is -0.234. The van der Waals surface area contributed by atoms with Crippen molar-refractivity contribution in [2.24, 2.45) is 0 Å². The Hall–Kier alpha value is -1.41. The highest BCUT2D eigenvalue weighted by molar-refractivity contribution is 7.94. The maximum absolute atomic E-state index is 11.6. The van der Waals surface area contributed by atoms with Gasteiger partial charge in [-0.1, -0.05) is 0 Å². The van der Waals surface area contributed by atoms with Crippen molar-refractivity contribution in [1.82, 2.24) is 10.3 Å². The first kappa shape index (κ1) is 11.1. The van der Waals surface area contributed by atoms with Crippen molar-refractivity contribution in [1.29, 1.82) is 0 Å². The van der Waals surface area contributed by atoms with Crippen molar-refractivity contribution in [3.63, 3.8) is 0 Å². The molecule has 86 valence electrons. The molecule has 0 bridgehead atoms. The summed E-state index contributed by atoms with van der Waals surface area (Å²) in [6.07, 6.45) is 1.45. The second kappa shape index (κ2) is 3.87. The molecule has 16 heavy (non-hydrogen) atoms. The third kappa shape index (κ3) is 2.39. The van der Waals surface area contributed by atoms with Crippen LogP contribution in [0.15, 0.2) is 16.9 Å². The lowest BCUT2D eigenvalue weighted by atomic mass is 10.3. The fraction of sp³-hybridized carbons (Fsp3) is 0.250. The standard InChI is InChI=1S/C8H9N3O3S2/c9-8-11-6(3-15-8)7(12)10-5-1-2-16(13,14)4-5/h1-3,5H,4H2,(H2,9,11)(H,10,12). The molecule has 0 saturated heterocycles. The highest BCUT2D eigenvalue weighted by Gasteiger charge is 2.24. The van der Waals surface area contributed by atoms with Crippen molar-refractivity contribution in [2.45, 2.75) is 6.04 Å². The van der Waals surface area contributed by atoms with Gasteiger partial charge in [0.25, 0.3) is 5.91 Å². The third-order valence-electron chi connectivity index (χ3n) is 2.00. The van der Waals surface area contributed by atoms with Gasteiger partial charge in [-0.2, -0.15) is 0 Å². The molecule has 0 saturated carbocycles. The van der Waals surface area contributed by atoms with Crippen LogP contribution in [-0.4, -0.2) is 31.1 Å². The summed E-state index contributed by atoms with van der Waals surface area (Å²) in [6.45, 7) is 0. The predicted molar refractivity (Wildman–Crippen MR) is 60.7 cm³/mol. The molecular formula is C8H9N3O3S2. The van der Waals surface area contributed by atoms with Crippen molar-refractivity contribution in [2.75, 3.05) is 11.5 Å². The molecule has 0 radical (unpaired) electrons. The van der Waals surface area contributed by atoms with Crippen LogP contribution in [0.5, 0.6) is 0 Å². The molecule has 1 aliphatic rings. The number of anilines is 1. The molecule has 1 amide bonds. The van der Waals surface area contributed by atoms with Gasteiger partial charge >= 0.3 is 0 Å². The summed E-state index contributed by atoms with van der Waals surface area (Å²) in [7, 11) is -3.16. The Bertz CT molecular complexity index is 547. The highest BCUT2D eigenvalue weighted by Crippen LogP contribution is 2.12. The maximum Gasteiger partial charge on any atom is 0.271 e. The number of nitrogens with zero attached hydrogens (tertiary/aromatic N) is 1. The second-order valence-corrected chi connectivity index (χ2v) is 6.13. The van der Waals surface area contributed by atoms with E-state index in [0.717, 1.165) is 16.7 Å². The lowest BCUT2D eigenvalue weighted by Gasteiger charge is -2.07. The molecule has 0 fully saturated rings. The largest absolute Gasteiger partial charge is 0.375 e. The van der Waals surface area contributed by atoms with Gasteiger partial charge in [0.2, 0.25) is 0 Å². The molecule has 2 rings (SSSR count). The average Bonchev–Trinajstić information content (AvgIpc) is 2.73. The number of nitrogens with two attached hydrogens (primary N) is 1. The van der Waals surface area contributed by atoms with Gasteiger partial charge in [-0.05, 0) is 6.08 Å². The van der Waals surface area contributed by atoms with Gasteiger partial charge in [0.15, 0.2) is 15.0 Å². The van der Waals surface area contributed by atoms with Crippen LogP contribution in [-0.2, 0) is 9.84 Å². The van der Waals surface area contributed by atoms with E-state index in [1.165, 1.54) is 11.5 Å². The normalized spacial score (nSPS) is 22.1. The summed E-state index contributed by atoms with van der Waals surface area (Å²) in [6, 6.07) is -0.486. The number of amides is 1. The number of aromatic nitrogens is 1. The van der Waals surface area contributed by atoms with Crippen molar-refractivity contribution in [3.8, 4) is 0 Å². The first-order valence-electron chi connectivity index (χ1n) is 4.39. The Morgan fingerprint density at radius 2 is 2.38 bits per heavy atom. The van der Waals surface area contributed by atoms with Gasteiger partial charge in [-0.25, -0.2) is 13.4 Å². The second-order valence-electron chi connectivity index (χ2n) is 3.31. The molecular weight excluding hydrogens is 250 g/mol. The van der Waals surface area contributed by atoms with Gasteiger partial charge < -0.3 is 11.1 Å². The van der Waals surface area contributed by atoms with E-state index in [4.69, 9.17) is 5.73 Å². The average molecular weight is 259 g/mol. The summed E-state index contributed by atoms with van der Waals surface area (Å²) in [5.41, 5.74) is 5.59. The minimum atomic E-state index is -3.16. The van der Waals surface area contributed by atoms with Crippen molar-refractivity contribution in [3.05, 3.63) is 22.6 Å². The van der Waals surface area contributed by atoms with Gasteiger partial charge in [-0.15, -0.1) is 11.3 Å². The summed E-state index contributed by atoms with van der Waals surface area (Å²) >= 11 is 1.16. The smallest absolute Gasteiger partial charge is 0.271 e. The molecule has 1 aromatic rings. The minimum absolute atomic E-state index is 0.0988. The Balaban J connectivity index is 2.02. The highest BCUT2D eigenvalue weighted by atomic mass is 32.2. The topological polar surface area (TPSA) is 102 Å². The summed E-state index contributed by atoms with van der Waals surface area (Å²) in [4.78, 5) is 15.4. The number of carbonyl (C=O) groups excluding carboxylic acids is 1. The molecule has 1 atom stereocenters. The lowest BCUT2D eigenvalue weighted by molar-refractivity contribution is 0.0943. The van der Waals surface area contributed by atoms with Crippen LogP contribution < -0.4 is 11.1 Å². The molecule has 1 unspecified atom stereocenters. The molecule has 0 spiro atoms. The Morgan fingerprint density at radius 1 is 1.62 bits per heavy atom. The van der Waals surface area contributed by atoms with E-state index in [-0.39, 0.29) is 11.4 Å². The molecule has 1 aliphatic heterocycles. The fourth-order valence-electron chi connectivity index (χ4n) is 1.30. The molecule has 3 N–H and O–H groups in total. The number of carbonyl (C=O) groups is 1. The maximum atomic E-state index is 11.6. The van der Waals surface area contributed by atoms with Crippen LogP contribution in [0.3, 0.4) is 0 Å². The summed E-state index contributed by atoms with van der Waals surface area (Å²) < 4.78 is 22.2. The van der Waals surface area contributed by atoms with E-state index in [1.807, 2.05) is 0 Å². The monoisotopic (exact) mass is 259 g/mol. The van der Waals surface area contributed by atoms with Gasteiger partial charge in [0.1, 0.15) is 5.69 Å². The van der Waals surface area contributed by atoms with E-state index in [2.05, 4.69) is 10.3 Å². The minimum Gasteiger partial charge on any atom is -0.375 e. The number of rotatable bonds is 2. The van der Waals surface area contributed by atoms with Crippen LogP contribution in [0.25, 0.3) is 0 Å². The van der Waals surface area contributed by atoms with Gasteiger partial charge in [0, 0.05) is 10.8 Å². The first-order chi connectivity index (χ1) is 7.46. The molecule has 0 aromatic carbocycles. The number of nitrogen functional groups attached to an aromatic ring is 1. The fourth-order valence-corrected chi connectivity index (χ4v) is 3.08. The summed E-state index contributed by atoms with van der Waals surface area (Å²) in [5.74, 6) is -0.516. The quantitative estimate of drug-likeness (QED) is 0.763. The molecule has 0 aliphatic carbocycles. The lowest BCUT2D eigenvalue weighted by Crippen LogP contribution is -2.35. The van der Waals surface area contributed by atoms with Crippen molar-refractivity contribution >= 4 is 32.2 Å². The first-order valence-corrected chi connectivity index (χ1v) is 6.98. The van der Waals surface area contributed by atoms with Crippen LogP contribution in [0, 0.1) is 0 Å². The van der Waals surface area contributed by atoms with Crippen LogP contribution in [0.1, 0.15) is 10.5 Å². The SMILES string of the molecule is Nc1nc(C(=O)NC2C=CS(=O)(=O)C2)cs1. The number of thiazole rings is 1. The van der Waals surface area contributed by atoms with E-state index in [0.29, 0.717) is 5.13 Å². The Kier molecular flexibility index (Phi) is 2.68. The molecule has 2 heterocycles. The molecule has 6 nitrogen and oxygen atoms in total. The Morgan fingerprint density at radius 3 is 2.88 bits per heavy atom. The number of hydrogen-bond acceptors (Lipinski definition) is 6. The van der Waals surface area contributed by atoms with Crippen LogP contribution >= 0.6 is 11.3 Å². The number of hydrogen-bond donors (Lipinski definition) is 2. The van der Waals surface area contributed by atoms with E-state index in [9.17, 15) is 13.2 Å². The van der Waals surface area contributed by atoms with E-state index >= 15 is 0 Å². The van der Waals surface area contributed by atoms with Gasteiger partial charge in [-0.3, -0.25) is 4.79 Å². The summed E-state index contributed by atoms with van der Waals surface area (Å²) in [5, 5.41) is 5.48. The van der Waals surface area contributed by atoms with Crippen molar-refractivity contribution < 1.29 is 13.2 Å². The molecule has 1 aromatic heterocycles. The molecule has 8 heteroatoms. The van der Waals surface area contributed by atoms with Crippen LogP contribution in [0.4, 0.5) is 5.13 Å².